The summed E-state index contributed by atoms with van der Waals surface area (Å²) < 4.78 is 64.4. The molecule has 0 spiro atoms. The second-order valence-electron chi connectivity index (χ2n) is 22.9. The molecule has 0 amide bonds. The van der Waals surface area contributed by atoms with Crippen LogP contribution < -0.4 is 28.4 Å². The summed E-state index contributed by atoms with van der Waals surface area (Å²) in [7, 11) is 0. The Kier molecular flexibility index (Phi) is 36.2. The van der Waals surface area contributed by atoms with Gasteiger partial charge in [-0.05, 0) is 76.3 Å². The van der Waals surface area contributed by atoms with Crippen molar-refractivity contribution in [2.75, 3.05) is 66.1 Å². The van der Waals surface area contributed by atoms with Gasteiger partial charge in [-0.1, -0.05) is 207 Å². The SMILES string of the molecule is CCCCCCCCCCOc1cc2c(c(OCCOC3CCCCO3)c1OCCCCCCCCCC)C(=O)c1cc(OCCCCCCCCCC)c(OCCCCCCCCCC)c(OCCOC3CCCCO3)c1C2=O. The lowest BCUT2D eigenvalue weighted by Crippen LogP contribution is -2.27. The van der Waals surface area contributed by atoms with Crippen LogP contribution in [0.15, 0.2) is 12.1 Å². The van der Waals surface area contributed by atoms with Crippen molar-refractivity contribution < 1.29 is 57.0 Å². The van der Waals surface area contributed by atoms with E-state index in [-0.39, 0.29) is 84.3 Å². The first kappa shape index (κ1) is 67.2. The van der Waals surface area contributed by atoms with Crippen LogP contribution in [0.3, 0.4) is 0 Å². The van der Waals surface area contributed by atoms with Crippen LogP contribution in [0.1, 0.15) is 304 Å². The summed E-state index contributed by atoms with van der Waals surface area (Å²) in [6.45, 7) is 12.6. The maximum Gasteiger partial charge on any atom is 0.204 e. The minimum Gasteiger partial charge on any atom is -0.490 e. The third-order valence-electron chi connectivity index (χ3n) is 15.9. The lowest BCUT2D eigenvalue weighted by Gasteiger charge is -2.28. The Morgan fingerprint density at radius 2 is 0.625 bits per heavy atom. The van der Waals surface area contributed by atoms with Crippen molar-refractivity contribution >= 4 is 11.6 Å². The summed E-state index contributed by atoms with van der Waals surface area (Å²) in [5.41, 5.74) is 0.648. The van der Waals surface area contributed by atoms with E-state index in [2.05, 4.69) is 27.7 Å². The monoisotopic (exact) mass is 1120 g/mol. The number of carbonyl (C=O) groups excluding carboxylic acids is 2. The zero-order valence-electron chi connectivity index (χ0n) is 51.1. The Morgan fingerprint density at radius 1 is 0.338 bits per heavy atom. The number of unbranched alkanes of at least 4 members (excludes halogenated alkanes) is 28. The summed E-state index contributed by atoms with van der Waals surface area (Å²) in [6.07, 6.45) is 42.0. The molecular formula is C68H112O12. The first-order valence-electron chi connectivity index (χ1n) is 33.3. The Labute approximate surface area is 485 Å². The Bertz CT molecular complexity index is 1800. The quantitative estimate of drug-likeness (QED) is 0.0500. The molecule has 0 bridgehead atoms. The van der Waals surface area contributed by atoms with E-state index < -0.39 is 0 Å². The second kappa shape index (κ2) is 43.1. The van der Waals surface area contributed by atoms with E-state index >= 15 is 9.59 Å². The van der Waals surface area contributed by atoms with E-state index in [9.17, 15) is 0 Å². The van der Waals surface area contributed by atoms with Crippen molar-refractivity contribution in [1.29, 1.82) is 0 Å². The lowest BCUT2D eigenvalue weighted by atomic mass is 9.82. The van der Waals surface area contributed by atoms with Crippen LogP contribution in [0.5, 0.6) is 34.5 Å². The molecular weight excluding hydrogens is 1010 g/mol. The summed E-state index contributed by atoms with van der Waals surface area (Å²) in [5.74, 6) is 1.12. The van der Waals surface area contributed by atoms with Crippen molar-refractivity contribution in [3.63, 3.8) is 0 Å². The molecule has 0 radical (unpaired) electrons. The molecule has 1 aliphatic carbocycles. The Hall–Kier alpha value is -3.58. The van der Waals surface area contributed by atoms with E-state index in [1.165, 1.54) is 128 Å². The Balaban J connectivity index is 1.52. The van der Waals surface area contributed by atoms with E-state index in [0.717, 1.165) is 116 Å². The van der Waals surface area contributed by atoms with Crippen LogP contribution in [0, 0.1) is 0 Å². The van der Waals surface area contributed by atoms with Gasteiger partial charge in [-0.25, -0.2) is 0 Å². The molecule has 456 valence electrons. The van der Waals surface area contributed by atoms with Crippen molar-refractivity contribution in [2.24, 2.45) is 0 Å². The van der Waals surface area contributed by atoms with Crippen molar-refractivity contribution in [3.8, 4) is 34.5 Å². The second-order valence-corrected chi connectivity index (χ2v) is 22.9. The lowest BCUT2D eigenvalue weighted by molar-refractivity contribution is -0.165. The van der Waals surface area contributed by atoms with E-state index in [1.54, 1.807) is 12.1 Å². The maximum atomic E-state index is 15.7. The molecule has 80 heavy (non-hydrogen) atoms. The number of rotatable bonds is 50. The van der Waals surface area contributed by atoms with Crippen LogP contribution >= 0.6 is 0 Å². The fourth-order valence-electron chi connectivity index (χ4n) is 11.1. The van der Waals surface area contributed by atoms with Crippen LogP contribution in [0.25, 0.3) is 0 Å². The fraction of sp³-hybridized carbons (Fsp3) is 0.794. The highest BCUT2D eigenvalue weighted by Gasteiger charge is 2.41. The minimum absolute atomic E-state index is 0.105. The van der Waals surface area contributed by atoms with Crippen LogP contribution in [-0.4, -0.2) is 90.2 Å². The molecule has 2 aliphatic heterocycles. The fourth-order valence-corrected chi connectivity index (χ4v) is 11.1. The molecule has 12 nitrogen and oxygen atoms in total. The molecule has 2 atom stereocenters. The van der Waals surface area contributed by atoms with Gasteiger partial charge in [0.2, 0.25) is 11.5 Å². The highest BCUT2D eigenvalue weighted by atomic mass is 16.7. The van der Waals surface area contributed by atoms with Gasteiger partial charge in [0, 0.05) is 24.3 Å². The van der Waals surface area contributed by atoms with Crippen LogP contribution in [-0.2, 0) is 18.9 Å². The third-order valence-corrected chi connectivity index (χ3v) is 15.9. The molecule has 2 aromatic carbocycles. The zero-order valence-corrected chi connectivity index (χ0v) is 51.1. The molecule has 2 fully saturated rings. The highest BCUT2D eigenvalue weighted by Crippen LogP contribution is 2.51. The number of carbonyl (C=O) groups is 2. The van der Waals surface area contributed by atoms with Gasteiger partial charge in [-0.15, -0.1) is 0 Å². The van der Waals surface area contributed by atoms with E-state index in [1.807, 2.05) is 0 Å². The number of hydrogen-bond donors (Lipinski definition) is 0. The minimum atomic E-state index is -0.379. The Morgan fingerprint density at radius 3 is 0.925 bits per heavy atom. The van der Waals surface area contributed by atoms with Gasteiger partial charge in [0.15, 0.2) is 47.1 Å². The standard InChI is InChI=1S/C68H112O12/c1-5-9-13-17-21-25-29-35-43-71-57-53-55-61(67(79-51-49-75-59-41-33-39-45-73-59)65(57)77-47-37-31-27-23-19-15-11-7-3)64(70)56-54-58(72-44-36-30-26-22-18-14-10-6-2)66(78-48-38-32-28-24-20-16-12-8-4)68(62(56)63(55)69)80-52-50-76-60-42-34-40-46-74-60/h53-54,59-60H,5-52H2,1-4H3. The molecule has 2 saturated heterocycles. The first-order chi connectivity index (χ1) is 39.5. The molecule has 2 heterocycles. The van der Waals surface area contributed by atoms with Gasteiger partial charge >= 0.3 is 0 Å². The summed E-state index contributed by atoms with van der Waals surface area (Å²) in [6, 6.07) is 3.43. The van der Waals surface area contributed by atoms with Gasteiger partial charge in [-0.3, -0.25) is 9.59 Å². The average molecular weight is 1120 g/mol. The molecule has 2 aromatic rings. The van der Waals surface area contributed by atoms with Crippen LogP contribution in [0.4, 0.5) is 0 Å². The molecule has 5 rings (SSSR count). The van der Waals surface area contributed by atoms with Crippen molar-refractivity contribution in [1.82, 2.24) is 0 Å². The van der Waals surface area contributed by atoms with Crippen molar-refractivity contribution in [3.05, 3.63) is 34.4 Å². The van der Waals surface area contributed by atoms with Gasteiger partial charge in [0.25, 0.3) is 0 Å². The average Bonchev–Trinajstić information content (AvgIpc) is 3.49. The predicted octanol–water partition coefficient (Wildman–Crippen LogP) is 18.4. The normalized spacial score (nSPS) is 16.1. The van der Waals surface area contributed by atoms with Crippen LogP contribution in [0.2, 0.25) is 0 Å². The molecule has 12 heteroatoms. The smallest absolute Gasteiger partial charge is 0.204 e. The number of benzene rings is 2. The molecule has 0 aromatic heterocycles. The first-order valence-corrected chi connectivity index (χ1v) is 33.3. The molecule has 2 unspecified atom stereocenters. The van der Waals surface area contributed by atoms with Crippen molar-refractivity contribution in [2.45, 2.75) is 284 Å². The van der Waals surface area contributed by atoms with Gasteiger partial charge in [-0.2, -0.15) is 0 Å². The topological polar surface area (TPSA) is 126 Å². The predicted molar refractivity (Wildman–Crippen MR) is 322 cm³/mol. The number of ketones is 2. The molecule has 3 aliphatic rings. The molecule has 0 saturated carbocycles. The summed E-state index contributed by atoms with van der Waals surface area (Å²) in [4.78, 5) is 31.4. The number of hydrogen-bond acceptors (Lipinski definition) is 12. The number of fused-ring (bicyclic) bond motifs is 2. The molecule has 0 N–H and O–H groups in total. The van der Waals surface area contributed by atoms with Gasteiger partial charge < -0.3 is 47.4 Å². The highest BCUT2D eigenvalue weighted by molar-refractivity contribution is 6.31. The van der Waals surface area contributed by atoms with E-state index in [4.69, 9.17) is 47.4 Å². The van der Waals surface area contributed by atoms with Gasteiger partial charge in [0.1, 0.15) is 13.2 Å². The van der Waals surface area contributed by atoms with E-state index in [0.29, 0.717) is 62.6 Å². The summed E-state index contributed by atoms with van der Waals surface area (Å²) in [5, 5.41) is 0. The summed E-state index contributed by atoms with van der Waals surface area (Å²) >= 11 is 0. The number of ether oxygens (including phenoxy) is 10. The van der Waals surface area contributed by atoms with Gasteiger partial charge in [0.05, 0.1) is 50.8 Å². The third kappa shape index (κ3) is 25.1. The zero-order chi connectivity index (χ0) is 56.5. The largest absolute Gasteiger partial charge is 0.490 e. The maximum absolute atomic E-state index is 15.7.